The molecule has 4 heteroatoms. The molecule has 0 atom stereocenters. The minimum Gasteiger partial charge on any atom is -0.492 e. The maximum Gasteiger partial charge on any atom is 0.138 e. The average molecular weight is 265 g/mol. The van der Waals surface area contributed by atoms with Gasteiger partial charge >= 0.3 is 0 Å². The van der Waals surface area contributed by atoms with Gasteiger partial charge in [0.05, 0.1) is 6.61 Å². The van der Waals surface area contributed by atoms with Gasteiger partial charge in [-0.15, -0.1) is 11.8 Å². The highest BCUT2D eigenvalue weighted by molar-refractivity contribution is 7.99. The predicted octanol–water partition coefficient (Wildman–Crippen LogP) is 3.21. The molecule has 1 N–H and O–H groups in total. The summed E-state index contributed by atoms with van der Waals surface area (Å²) in [7, 11) is 0. The van der Waals surface area contributed by atoms with E-state index in [1.807, 2.05) is 18.2 Å². The number of benzene rings is 1. The molecule has 0 unspecified atom stereocenters. The van der Waals surface area contributed by atoms with Crippen molar-refractivity contribution >= 4 is 11.8 Å². The van der Waals surface area contributed by atoms with Crippen LogP contribution in [-0.4, -0.2) is 24.1 Å². The van der Waals surface area contributed by atoms with E-state index in [9.17, 15) is 5.26 Å². The van der Waals surface area contributed by atoms with Crippen LogP contribution in [0, 0.1) is 11.3 Å². The lowest BCUT2D eigenvalue weighted by atomic mass is 10.2. The van der Waals surface area contributed by atoms with Crippen LogP contribution in [0.25, 0.3) is 0 Å². The fourth-order valence-corrected chi connectivity index (χ4v) is 2.37. The molecule has 1 aromatic carbocycles. The maximum absolute atomic E-state index is 9.19. The van der Waals surface area contributed by atoms with Crippen LogP contribution in [0.1, 0.15) is 31.7 Å². The van der Waals surface area contributed by atoms with E-state index in [0.29, 0.717) is 17.9 Å². The van der Waals surface area contributed by atoms with Crippen LogP contribution in [0.2, 0.25) is 0 Å². The zero-order chi connectivity index (χ0) is 13.2. The van der Waals surface area contributed by atoms with Crippen LogP contribution in [0.15, 0.2) is 23.1 Å². The first-order valence-corrected chi connectivity index (χ1v) is 7.21. The first-order valence-electron chi connectivity index (χ1n) is 6.23. The number of unbranched alkanes of at least 4 members (excludes halogenated alkanes) is 2. The Bertz CT molecular complexity index is 401. The van der Waals surface area contributed by atoms with Gasteiger partial charge in [0.1, 0.15) is 17.4 Å². The number of aliphatic hydroxyl groups is 1. The van der Waals surface area contributed by atoms with Crippen LogP contribution >= 0.6 is 11.8 Å². The quantitative estimate of drug-likeness (QED) is 0.579. The first kappa shape index (κ1) is 14.9. The predicted molar refractivity (Wildman–Crippen MR) is 74.0 cm³/mol. The zero-order valence-electron chi connectivity index (χ0n) is 10.7. The second-order valence-corrected chi connectivity index (χ2v) is 5.11. The molecule has 0 amide bonds. The molecule has 0 aliphatic rings. The van der Waals surface area contributed by atoms with E-state index in [-0.39, 0.29) is 6.61 Å². The van der Waals surface area contributed by atoms with Crippen molar-refractivity contribution in [1.29, 1.82) is 5.26 Å². The summed E-state index contributed by atoms with van der Waals surface area (Å²) in [5.74, 6) is 1.61. The van der Waals surface area contributed by atoms with Gasteiger partial charge in [0, 0.05) is 11.5 Å². The van der Waals surface area contributed by atoms with Crippen molar-refractivity contribution in [3.05, 3.63) is 23.8 Å². The summed E-state index contributed by atoms with van der Waals surface area (Å²) in [5, 5.41) is 17.9. The van der Waals surface area contributed by atoms with Gasteiger partial charge in [-0.25, -0.2) is 0 Å². The van der Waals surface area contributed by atoms with Gasteiger partial charge in [-0.3, -0.25) is 0 Å². The summed E-state index contributed by atoms with van der Waals surface area (Å²) >= 11 is 1.65. The molecule has 0 saturated heterocycles. The molecule has 0 aromatic heterocycles. The Hall–Kier alpha value is -1.18. The van der Waals surface area contributed by atoms with Gasteiger partial charge in [0.25, 0.3) is 0 Å². The Kier molecular flexibility index (Phi) is 7.31. The molecule has 0 aliphatic carbocycles. The number of nitriles is 1. The van der Waals surface area contributed by atoms with Crippen molar-refractivity contribution < 1.29 is 9.84 Å². The van der Waals surface area contributed by atoms with Gasteiger partial charge in [0.2, 0.25) is 0 Å². The Balaban J connectivity index is 2.59. The first-order chi connectivity index (χ1) is 8.83. The number of aliphatic hydroxyl groups excluding tert-OH is 1. The standard InChI is InChI=1S/C14H19NO2S/c1-2-18-14-8-6-7-13(12(14)11-15)17-10-5-3-4-9-16/h6-8,16H,2-5,9-10H2,1H3. The van der Waals surface area contributed by atoms with Gasteiger partial charge < -0.3 is 9.84 Å². The fourth-order valence-electron chi connectivity index (χ4n) is 1.59. The molecule has 0 radical (unpaired) electrons. The molecule has 98 valence electrons. The van der Waals surface area contributed by atoms with E-state index in [1.165, 1.54) is 0 Å². The normalized spacial score (nSPS) is 10.1. The Morgan fingerprint density at radius 2 is 2.17 bits per heavy atom. The van der Waals surface area contributed by atoms with E-state index in [2.05, 4.69) is 13.0 Å². The minimum atomic E-state index is 0.228. The highest BCUT2D eigenvalue weighted by Gasteiger charge is 2.08. The minimum absolute atomic E-state index is 0.228. The summed E-state index contributed by atoms with van der Waals surface area (Å²) in [6, 6.07) is 7.92. The van der Waals surface area contributed by atoms with E-state index in [0.717, 1.165) is 29.9 Å². The van der Waals surface area contributed by atoms with Gasteiger partial charge in [-0.2, -0.15) is 5.26 Å². The fraction of sp³-hybridized carbons (Fsp3) is 0.500. The number of nitrogens with zero attached hydrogens (tertiary/aromatic N) is 1. The summed E-state index contributed by atoms with van der Waals surface area (Å²) in [5.41, 5.74) is 0.631. The molecule has 18 heavy (non-hydrogen) atoms. The highest BCUT2D eigenvalue weighted by Crippen LogP contribution is 2.29. The molecule has 0 spiro atoms. The molecule has 3 nitrogen and oxygen atoms in total. The molecule has 0 bridgehead atoms. The lowest BCUT2D eigenvalue weighted by Crippen LogP contribution is -2.00. The average Bonchev–Trinajstić information content (AvgIpc) is 2.39. The topological polar surface area (TPSA) is 53.2 Å². The molecule has 1 aromatic rings. The summed E-state index contributed by atoms with van der Waals surface area (Å²) < 4.78 is 5.64. The molecule has 0 aliphatic heterocycles. The van der Waals surface area contributed by atoms with Crippen molar-refractivity contribution in [2.24, 2.45) is 0 Å². The third kappa shape index (κ3) is 4.59. The molecule has 0 saturated carbocycles. The molecule has 1 rings (SSSR count). The van der Waals surface area contributed by atoms with Crippen molar-refractivity contribution in [1.82, 2.24) is 0 Å². The lowest BCUT2D eigenvalue weighted by Gasteiger charge is -2.10. The largest absolute Gasteiger partial charge is 0.492 e. The van der Waals surface area contributed by atoms with Crippen molar-refractivity contribution in [2.45, 2.75) is 31.1 Å². The smallest absolute Gasteiger partial charge is 0.138 e. The second kappa shape index (κ2) is 8.84. The van der Waals surface area contributed by atoms with E-state index in [4.69, 9.17) is 9.84 Å². The number of hydrogen-bond donors (Lipinski definition) is 1. The SMILES string of the molecule is CCSc1cccc(OCCCCCO)c1C#N. The summed E-state index contributed by atoms with van der Waals surface area (Å²) in [6.07, 6.45) is 2.65. The summed E-state index contributed by atoms with van der Waals surface area (Å²) in [6.45, 7) is 2.88. The zero-order valence-corrected chi connectivity index (χ0v) is 11.5. The van der Waals surface area contributed by atoms with Crippen molar-refractivity contribution in [3.63, 3.8) is 0 Å². The third-order valence-electron chi connectivity index (χ3n) is 2.46. The van der Waals surface area contributed by atoms with Gasteiger partial charge in [-0.05, 0) is 37.1 Å². The van der Waals surface area contributed by atoms with Gasteiger partial charge in [0.15, 0.2) is 0 Å². The Morgan fingerprint density at radius 3 is 2.83 bits per heavy atom. The molecular weight excluding hydrogens is 246 g/mol. The van der Waals surface area contributed by atoms with Crippen LogP contribution in [-0.2, 0) is 0 Å². The van der Waals surface area contributed by atoms with Crippen LogP contribution < -0.4 is 4.74 Å². The highest BCUT2D eigenvalue weighted by atomic mass is 32.2. The second-order valence-electron chi connectivity index (χ2n) is 3.81. The number of rotatable bonds is 8. The third-order valence-corrected chi connectivity index (χ3v) is 3.40. The number of thioether (sulfide) groups is 1. The lowest BCUT2D eigenvalue weighted by molar-refractivity contribution is 0.265. The van der Waals surface area contributed by atoms with E-state index >= 15 is 0 Å². The van der Waals surface area contributed by atoms with Crippen LogP contribution in [0.5, 0.6) is 5.75 Å². The van der Waals surface area contributed by atoms with Crippen molar-refractivity contribution in [2.75, 3.05) is 19.0 Å². The van der Waals surface area contributed by atoms with E-state index in [1.54, 1.807) is 11.8 Å². The van der Waals surface area contributed by atoms with Gasteiger partial charge in [-0.1, -0.05) is 13.0 Å². The molecule has 0 fully saturated rings. The molecule has 0 heterocycles. The molecular formula is C14H19NO2S. The van der Waals surface area contributed by atoms with Crippen LogP contribution in [0.3, 0.4) is 0 Å². The summed E-state index contributed by atoms with van der Waals surface area (Å²) in [4.78, 5) is 0.979. The Labute approximate surface area is 113 Å². The maximum atomic E-state index is 9.19. The number of hydrogen-bond acceptors (Lipinski definition) is 4. The monoisotopic (exact) mass is 265 g/mol. The number of ether oxygens (including phenoxy) is 1. The van der Waals surface area contributed by atoms with E-state index < -0.39 is 0 Å². The van der Waals surface area contributed by atoms with Crippen LogP contribution in [0.4, 0.5) is 0 Å². The Morgan fingerprint density at radius 1 is 1.33 bits per heavy atom. The van der Waals surface area contributed by atoms with Crippen molar-refractivity contribution in [3.8, 4) is 11.8 Å².